The number of hydrogen-bond acceptors (Lipinski definition) is 3. The number of hydrogen-bond donors (Lipinski definition) is 1. The van der Waals surface area contributed by atoms with Gasteiger partial charge in [-0.05, 0) is 40.9 Å². The van der Waals surface area contributed by atoms with Crippen molar-refractivity contribution in [2.24, 2.45) is 0 Å². The number of aryl methyl sites for hydroxylation is 1. The van der Waals surface area contributed by atoms with Crippen LogP contribution in [0, 0.1) is 6.92 Å². The Morgan fingerprint density at radius 2 is 2.50 bits per heavy atom. The van der Waals surface area contributed by atoms with Gasteiger partial charge in [-0.2, -0.15) is 0 Å². The van der Waals surface area contributed by atoms with E-state index < -0.39 is 0 Å². The van der Waals surface area contributed by atoms with E-state index in [1.54, 1.807) is 0 Å². The molecule has 0 unspecified atom stereocenters. The van der Waals surface area contributed by atoms with Gasteiger partial charge in [-0.25, -0.2) is 0 Å². The highest BCUT2D eigenvalue weighted by molar-refractivity contribution is 9.11. The van der Waals surface area contributed by atoms with Crippen LogP contribution < -0.4 is 5.32 Å². The largest absolute Gasteiger partial charge is 0.502 e. The molecule has 1 amide bonds. The van der Waals surface area contributed by atoms with Crippen molar-refractivity contribution in [3.8, 4) is 0 Å². The molecule has 0 saturated heterocycles. The van der Waals surface area contributed by atoms with Crippen molar-refractivity contribution in [1.29, 1.82) is 0 Å². The molecule has 0 radical (unpaired) electrons. The topological polar surface area (TPSA) is 38.3 Å². The Bertz CT molecular complexity index is 357. The molecule has 3 nitrogen and oxygen atoms in total. The van der Waals surface area contributed by atoms with Gasteiger partial charge < -0.3 is 10.1 Å². The molecule has 88 valence electrons. The number of nitrogens with one attached hydrogen (secondary N) is 1. The summed E-state index contributed by atoms with van der Waals surface area (Å²) in [6, 6.07) is 1.88. The minimum atomic E-state index is -0.0302. The maximum absolute atomic E-state index is 11.7. The van der Waals surface area contributed by atoms with E-state index in [4.69, 9.17) is 4.74 Å². The van der Waals surface area contributed by atoms with E-state index in [9.17, 15) is 4.79 Å². The van der Waals surface area contributed by atoms with Crippen molar-refractivity contribution in [2.75, 3.05) is 13.2 Å². The number of carbonyl (C=O) groups excluding carboxylic acids is 1. The fourth-order valence-corrected chi connectivity index (χ4v) is 2.55. The lowest BCUT2D eigenvalue weighted by atomic mass is 10.3. The second kappa shape index (κ2) is 6.70. The van der Waals surface area contributed by atoms with Gasteiger partial charge in [0.2, 0.25) is 0 Å². The van der Waals surface area contributed by atoms with E-state index in [0.717, 1.165) is 20.6 Å². The summed E-state index contributed by atoms with van der Waals surface area (Å²) in [7, 11) is 0. The molecule has 16 heavy (non-hydrogen) atoms. The minimum absolute atomic E-state index is 0.0302. The fourth-order valence-electron chi connectivity index (χ4n) is 1.10. The van der Waals surface area contributed by atoms with E-state index in [1.807, 2.05) is 13.0 Å². The first-order valence-corrected chi connectivity index (χ1v) is 6.52. The first-order chi connectivity index (χ1) is 7.65. The molecule has 0 aliphatic rings. The second-order valence-corrected chi connectivity index (χ2v) is 5.58. The van der Waals surface area contributed by atoms with Crippen LogP contribution in [0.25, 0.3) is 0 Å². The van der Waals surface area contributed by atoms with Crippen LogP contribution in [0.1, 0.15) is 21.7 Å². The first-order valence-electron chi connectivity index (χ1n) is 4.91. The van der Waals surface area contributed by atoms with Gasteiger partial charge in [0.15, 0.2) is 0 Å². The van der Waals surface area contributed by atoms with Crippen molar-refractivity contribution in [3.05, 3.63) is 33.1 Å². The summed E-state index contributed by atoms with van der Waals surface area (Å²) in [4.78, 5) is 12.4. The van der Waals surface area contributed by atoms with Crippen molar-refractivity contribution >= 4 is 33.2 Å². The number of carbonyl (C=O) groups is 1. The molecule has 5 heteroatoms. The van der Waals surface area contributed by atoms with Gasteiger partial charge in [0.05, 0.1) is 21.5 Å². The SMILES string of the molecule is C=COCCCNC(=O)c1cc(C)c(Br)s1. The average molecular weight is 304 g/mol. The van der Waals surface area contributed by atoms with Gasteiger partial charge in [-0.3, -0.25) is 4.79 Å². The van der Waals surface area contributed by atoms with Gasteiger partial charge in [-0.15, -0.1) is 11.3 Å². The maximum atomic E-state index is 11.7. The molecule has 0 aliphatic carbocycles. The highest BCUT2D eigenvalue weighted by Crippen LogP contribution is 2.27. The quantitative estimate of drug-likeness (QED) is 0.648. The Balaban J connectivity index is 2.32. The summed E-state index contributed by atoms with van der Waals surface area (Å²) in [5.41, 5.74) is 1.09. The van der Waals surface area contributed by atoms with Gasteiger partial charge in [-0.1, -0.05) is 6.58 Å². The molecule has 1 rings (SSSR count). The highest BCUT2D eigenvalue weighted by atomic mass is 79.9. The minimum Gasteiger partial charge on any atom is -0.502 e. The number of amides is 1. The predicted octanol–water partition coefficient (Wildman–Crippen LogP) is 3.10. The molecule has 0 atom stereocenters. The van der Waals surface area contributed by atoms with Crippen LogP contribution in [0.3, 0.4) is 0 Å². The molecule has 0 saturated carbocycles. The van der Waals surface area contributed by atoms with Crippen LogP contribution in [-0.4, -0.2) is 19.1 Å². The lowest BCUT2D eigenvalue weighted by Crippen LogP contribution is -2.24. The molecule has 1 aromatic rings. The average Bonchev–Trinajstić information content (AvgIpc) is 2.59. The van der Waals surface area contributed by atoms with E-state index >= 15 is 0 Å². The third-order valence-electron chi connectivity index (χ3n) is 1.92. The van der Waals surface area contributed by atoms with Crippen LogP contribution >= 0.6 is 27.3 Å². The third-order valence-corrected chi connectivity index (χ3v) is 4.06. The van der Waals surface area contributed by atoms with Crippen molar-refractivity contribution in [2.45, 2.75) is 13.3 Å². The predicted molar refractivity (Wildman–Crippen MR) is 69.9 cm³/mol. The van der Waals surface area contributed by atoms with E-state index in [1.165, 1.54) is 17.6 Å². The van der Waals surface area contributed by atoms with Crippen LogP contribution in [0.4, 0.5) is 0 Å². The maximum Gasteiger partial charge on any atom is 0.261 e. The van der Waals surface area contributed by atoms with Crippen LogP contribution in [-0.2, 0) is 4.74 Å². The Labute approximate surface area is 108 Å². The normalized spacial score (nSPS) is 9.88. The second-order valence-electron chi connectivity index (χ2n) is 3.21. The molecule has 1 N–H and O–H groups in total. The summed E-state index contributed by atoms with van der Waals surface area (Å²) in [6.45, 7) is 6.60. The standard InChI is InChI=1S/C11H14BrNO2S/c1-3-15-6-4-5-13-11(14)9-7-8(2)10(12)16-9/h3,7H,1,4-6H2,2H3,(H,13,14). The first kappa shape index (κ1) is 13.3. The Morgan fingerprint density at radius 3 is 3.06 bits per heavy atom. The van der Waals surface area contributed by atoms with E-state index in [-0.39, 0.29) is 5.91 Å². The zero-order valence-electron chi connectivity index (χ0n) is 9.09. The summed E-state index contributed by atoms with van der Waals surface area (Å²) >= 11 is 4.84. The summed E-state index contributed by atoms with van der Waals surface area (Å²) in [5.74, 6) is -0.0302. The van der Waals surface area contributed by atoms with Gasteiger partial charge in [0.1, 0.15) is 0 Å². The fraction of sp³-hybridized carbons (Fsp3) is 0.364. The van der Waals surface area contributed by atoms with Crippen molar-refractivity contribution in [3.63, 3.8) is 0 Å². The molecule has 1 aromatic heterocycles. The number of thiophene rings is 1. The Hall–Kier alpha value is -0.810. The number of rotatable bonds is 6. The monoisotopic (exact) mass is 303 g/mol. The smallest absolute Gasteiger partial charge is 0.261 e. The van der Waals surface area contributed by atoms with Crippen LogP contribution in [0.15, 0.2) is 22.7 Å². The molecule has 0 bridgehead atoms. The molecular weight excluding hydrogens is 290 g/mol. The number of halogens is 1. The summed E-state index contributed by atoms with van der Waals surface area (Å²) < 4.78 is 5.96. The third kappa shape index (κ3) is 3.98. The van der Waals surface area contributed by atoms with Crippen molar-refractivity contribution in [1.82, 2.24) is 5.32 Å². The molecule has 0 spiro atoms. The summed E-state index contributed by atoms with van der Waals surface area (Å²) in [6.07, 6.45) is 2.19. The highest BCUT2D eigenvalue weighted by Gasteiger charge is 2.10. The van der Waals surface area contributed by atoms with Gasteiger partial charge in [0, 0.05) is 6.54 Å². The van der Waals surface area contributed by atoms with Crippen LogP contribution in [0.5, 0.6) is 0 Å². The van der Waals surface area contributed by atoms with E-state index in [2.05, 4.69) is 27.8 Å². The lowest BCUT2D eigenvalue weighted by molar-refractivity contribution is 0.0954. The van der Waals surface area contributed by atoms with Crippen LogP contribution in [0.2, 0.25) is 0 Å². The molecule has 0 fully saturated rings. The molecule has 0 aromatic carbocycles. The van der Waals surface area contributed by atoms with Gasteiger partial charge >= 0.3 is 0 Å². The Morgan fingerprint density at radius 1 is 1.75 bits per heavy atom. The lowest BCUT2D eigenvalue weighted by Gasteiger charge is -2.02. The summed E-state index contributed by atoms with van der Waals surface area (Å²) in [5, 5.41) is 2.83. The molecular formula is C11H14BrNO2S. The van der Waals surface area contributed by atoms with Crippen molar-refractivity contribution < 1.29 is 9.53 Å². The van der Waals surface area contributed by atoms with E-state index in [0.29, 0.717) is 13.2 Å². The zero-order valence-corrected chi connectivity index (χ0v) is 11.5. The number of ether oxygens (including phenoxy) is 1. The Kier molecular flexibility index (Phi) is 5.55. The molecule has 1 heterocycles. The molecule has 0 aliphatic heterocycles. The zero-order chi connectivity index (χ0) is 12.0. The van der Waals surface area contributed by atoms with Gasteiger partial charge in [0.25, 0.3) is 5.91 Å².